The number of aliphatic hydroxyl groups excluding tert-OH is 1. The summed E-state index contributed by atoms with van der Waals surface area (Å²) in [6.07, 6.45) is 3.65. The van der Waals surface area contributed by atoms with Crippen LogP contribution < -0.4 is 9.64 Å². The molecule has 2 aliphatic rings. The minimum absolute atomic E-state index is 0.0252. The third kappa shape index (κ3) is 4.60. The van der Waals surface area contributed by atoms with Crippen molar-refractivity contribution in [1.29, 1.82) is 0 Å². The number of hydrogen-bond donors (Lipinski definition) is 1. The highest BCUT2D eigenvalue weighted by atomic mass is 16.5. The van der Waals surface area contributed by atoms with Gasteiger partial charge in [-0.3, -0.25) is 9.88 Å². The van der Waals surface area contributed by atoms with Gasteiger partial charge in [-0.25, -0.2) is 4.98 Å². The molecule has 150 valence electrons. The van der Waals surface area contributed by atoms with Gasteiger partial charge < -0.3 is 19.5 Å². The maximum Gasteiger partial charge on any atom is 0.147 e. The second-order valence-corrected chi connectivity index (χ2v) is 7.64. The Balaban J connectivity index is 1.49. The Morgan fingerprint density at radius 1 is 1.21 bits per heavy atom. The van der Waals surface area contributed by atoms with Crippen molar-refractivity contribution in [2.24, 2.45) is 5.92 Å². The average molecular weight is 384 g/mol. The largest absolute Gasteiger partial charge is 0.491 e. The van der Waals surface area contributed by atoms with Crippen LogP contribution in [0.15, 0.2) is 36.7 Å². The molecule has 4 rings (SSSR count). The minimum atomic E-state index is 0.0252. The Morgan fingerprint density at radius 2 is 2.14 bits per heavy atom. The highest BCUT2D eigenvalue weighted by Gasteiger charge is 2.34. The third-order valence-electron chi connectivity index (χ3n) is 5.25. The molecule has 2 aromatic rings. The Morgan fingerprint density at radius 3 is 3.00 bits per heavy atom. The summed E-state index contributed by atoms with van der Waals surface area (Å²) in [5.74, 6) is 2.19. The summed E-state index contributed by atoms with van der Waals surface area (Å²) < 4.78 is 11.5. The van der Waals surface area contributed by atoms with Gasteiger partial charge in [-0.2, -0.15) is 0 Å². The summed E-state index contributed by atoms with van der Waals surface area (Å²) in [6.45, 7) is 7.55. The van der Waals surface area contributed by atoms with E-state index in [9.17, 15) is 0 Å². The van der Waals surface area contributed by atoms with Gasteiger partial charge in [-0.05, 0) is 24.6 Å². The van der Waals surface area contributed by atoms with E-state index in [2.05, 4.69) is 26.9 Å². The predicted octanol–water partition coefficient (Wildman–Crippen LogP) is 1.49. The van der Waals surface area contributed by atoms with Crippen LogP contribution in [0.1, 0.15) is 11.3 Å². The van der Waals surface area contributed by atoms with Crippen LogP contribution in [-0.2, 0) is 11.3 Å². The number of hydrogen-bond acceptors (Lipinski definition) is 7. The first-order valence-corrected chi connectivity index (χ1v) is 9.89. The van der Waals surface area contributed by atoms with Crippen LogP contribution in [0, 0.1) is 12.8 Å². The van der Waals surface area contributed by atoms with Crippen molar-refractivity contribution in [2.45, 2.75) is 19.5 Å². The Labute approximate surface area is 165 Å². The van der Waals surface area contributed by atoms with Crippen LogP contribution in [0.25, 0.3) is 0 Å². The van der Waals surface area contributed by atoms with Crippen LogP contribution in [0.2, 0.25) is 0 Å². The number of aromatic nitrogens is 2. The van der Waals surface area contributed by atoms with Gasteiger partial charge in [0.1, 0.15) is 18.2 Å². The lowest BCUT2D eigenvalue weighted by Crippen LogP contribution is -2.44. The monoisotopic (exact) mass is 384 g/mol. The Hall–Kier alpha value is -2.22. The zero-order valence-electron chi connectivity index (χ0n) is 16.3. The van der Waals surface area contributed by atoms with Crippen LogP contribution in [0.5, 0.6) is 5.75 Å². The van der Waals surface area contributed by atoms with Crippen molar-refractivity contribution < 1.29 is 14.6 Å². The van der Waals surface area contributed by atoms with E-state index in [1.807, 2.05) is 25.3 Å². The number of anilines is 1. The zero-order chi connectivity index (χ0) is 19.3. The molecule has 2 saturated heterocycles. The lowest BCUT2D eigenvalue weighted by molar-refractivity contribution is 0.0627. The molecular weight excluding hydrogens is 356 g/mol. The number of ether oxygens (including phenoxy) is 2. The molecule has 1 N–H and O–H groups in total. The molecule has 1 aromatic carbocycles. The normalized spacial score (nSPS) is 22.7. The number of benzene rings is 1. The highest BCUT2D eigenvalue weighted by Crippen LogP contribution is 2.25. The van der Waals surface area contributed by atoms with Crippen LogP contribution in [-0.4, -0.2) is 72.1 Å². The van der Waals surface area contributed by atoms with E-state index in [1.165, 1.54) is 5.56 Å². The molecule has 1 aromatic heterocycles. The summed E-state index contributed by atoms with van der Waals surface area (Å²) in [4.78, 5) is 13.9. The van der Waals surface area contributed by atoms with Crippen LogP contribution >= 0.6 is 0 Å². The molecule has 28 heavy (non-hydrogen) atoms. The Kier molecular flexibility index (Phi) is 6.04. The molecule has 7 heteroatoms. The summed E-state index contributed by atoms with van der Waals surface area (Å²) in [5, 5.41) is 8.96. The first kappa shape index (κ1) is 19.1. The smallest absolute Gasteiger partial charge is 0.147 e. The van der Waals surface area contributed by atoms with E-state index >= 15 is 0 Å². The summed E-state index contributed by atoms with van der Waals surface area (Å²) in [7, 11) is 0. The zero-order valence-corrected chi connectivity index (χ0v) is 16.3. The standard InChI is InChI=1S/C21H28N4O3/c1-16-8-22-9-21(23-16)25-12-18-11-24(13-19(25)15-27-14-18)10-17-3-2-4-20(7-17)28-6-5-26/h2-4,7-9,18-19,26H,5-6,10-15H2,1H3/t18-,19-/m0/s1. The van der Waals surface area contributed by atoms with E-state index < -0.39 is 0 Å². The molecule has 0 unspecified atom stereocenters. The maximum atomic E-state index is 8.96. The van der Waals surface area contributed by atoms with Gasteiger partial charge in [0.2, 0.25) is 0 Å². The second kappa shape index (κ2) is 8.86. The first-order valence-electron chi connectivity index (χ1n) is 9.89. The minimum Gasteiger partial charge on any atom is -0.491 e. The molecule has 2 atom stereocenters. The molecule has 0 radical (unpaired) electrons. The van der Waals surface area contributed by atoms with Crippen LogP contribution in [0.3, 0.4) is 0 Å². The van der Waals surface area contributed by atoms with Gasteiger partial charge in [-0.15, -0.1) is 0 Å². The predicted molar refractivity (Wildman–Crippen MR) is 107 cm³/mol. The van der Waals surface area contributed by atoms with Crippen LogP contribution in [0.4, 0.5) is 5.82 Å². The lowest BCUT2D eigenvalue weighted by Gasteiger charge is -2.31. The van der Waals surface area contributed by atoms with Crippen molar-refractivity contribution in [2.75, 3.05) is 51.0 Å². The van der Waals surface area contributed by atoms with E-state index in [0.29, 0.717) is 19.1 Å². The number of fused-ring (bicyclic) bond motifs is 3. The van der Waals surface area contributed by atoms with Crippen molar-refractivity contribution in [3.8, 4) is 5.75 Å². The molecule has 0 amide bonds. The van der Waals surface area contributed by atoms with Crippen molar-refractivity contribution in [3.63, 3.8) is 0 Å². The quantitative estimate of drug-likeness (QED) is 0.809. The molecule has 0 saturated carbocycles. The van der Waals surface area contributed by atoms with Gasteiger partial charge >= 0.3 is 0 Å². The van der Waals surface area contributed by atoms with Gasteiger partial charge in [0.05, 0.1) is 37.8 Å². The average Bonchev–Trinajstić information content (AvgIpc) is 2.97. The SMILES string of the molecule is Cc1cncc(N2C[C@H]3COC[C@@H]2CN(Cc2cccc(OCCO)c2)C3)n1. The van der Waals surface area contributed by atoms with Gasteiger partial charge in [0.15, 0.2) is 0 Å². The second-order valence-electron chi connectivity index (χ2n) is 7.64. The van der Waals surface area contributed by atoms with Gasteiger partial charge in [-0.1, -0.05) is 12.1 Å². The van der Waals surface area contributed by atoms with Crippen molar-refractivity contribution in [1.82, 2.24) is 14.9 Å². The summed E-state index contributed by atoms with van der Waals surface area (Å²) >= 11 is 0. The molecule has 0 spiro atoms. The first-order chi connectivity index (χ1) is 13.7. The summed E-state index contributed by atoms with van der Waals surface area (Å²) in [5.41, 5.74) is 2.16. The fourth-order valence-electron chi connectivity index (χ4n) is 4.09. The molecule has 2 bridgehead atoms. The topological polar surface area (TPSA) is 71.0 Å². The fourth-order valence-corrected chi connectivity index (χ4v) is 4.09. The molecule has 2 fully saturated rings. The van der Waals surface area contributed by atoms with Gasteiger partial charge in [0, 0.05) is 38.3 Å². The van der Waals surface area contributed by atoms with E-state index in [-0.39, 0.29) is 12.6 Å². The number of aryl methyl sites for hydroxylation is 1. The summed E-state index contributed by atoms with van der Waals surface area (Å²) in [6, 6.07) is 8.40. The molecule has 7 nitrogen and oxygen atoms in total. The molecule has 0 aliphatic carbocycles. The lowest BCUT2D eigenvalue weighted by atomic mass is 10.1. The Bertz CT molecular complexity index is 788. The van der Waals surface area contributed by atoms with Gasteiger partial charge in [0.25, 0.3) is 0 Å². The number of nitrogens with zero attached hydrogens (tertiary/aromatic N) is 4. The van der Waals surface area contributed by atoms with E-state index in [4.69, 9.17) is 19.6 Å². The van der Waals surface area contributed by atoms with Crippen molar-refractivity contribution >= 4 is 5.82 Å². The van der Waals surface area contributed by atoms with E-state index in [1.54, 1.807) is 6.20 Å². The number of rotatable bonds is 6. The fraction of sp³-hybridized carbons (Fsp3) is 0.524. The molecule has 2 aliphatic heterocycles. The van der Waals surface area contributed by atoms with E-state index in [0.717, 1.165) is 50.0 Å². The maximum absolute atomic E-state index is 8.96. The third-order valence-corrected chi connectivity index (χ3v) is 5.25. The molecule has 3 heterocycles. The highest BCUT2D eigenvalue weighted by molar-refractivity contribution is 5.39. The number of aliphatic hydroxyl groups is 1. The molecular formula is C21H28N4O3. The van der Waals surface area contributed by atoms with Crippen molar-refractivity contribution in [3.05, 3.63) is 47.9 Å².